The second-order valence-electron chi connectivity index (χ2n) is 4.11. The largest absolute Gasteiger partial charge is 0.390 e. The number of aromatic nitrogens is 2. The third kappa shape index (κ3) is 4.12. The molecule has 1 N–H and O–H groups in total. The Morgan fingerprint density at radius 3 is 2.56 bits per heavy atom. The highest BCUT2D eigenvalue weighted by Gasteiger charge is 2.04. The summed E-state index contributed by atoms with van der Waals surface area (Å²) in [5.74, 6) is 0.810. The molecule has 0 saturated carbocycles. The van der Waals surface area contributed by atoms with Gasteiger partial charge >= 0.3 is 0 Å². The zero-order valence-corrected chi connectivity index (χ0v) is 10.2. The lowest BCUT2D eigenvalue weighted by atomic mass is 10.3. The zero-order chi connectivity index (χ0) is 12.0. The lowest BCUT2D eigenvalue weighted by Crippen LogP contribution is -2.24. The van der Waals surface area contributed by atoms with Gasteiger partial charge in [0.1, 0.15) is 5.82 Å². The van der Waals surface area contributed by atoms with Crippen molar-refractivity contribution in [3.05, 3.63) is 18.1 Å². The predicted octanol–water partition coefficient (Wildman–Crippen LogP) is 0.357. The molecule has 0 fully saturated rings. The molecule has 16 heavy (non-hydrogen) atoms. The Bertz CT molecular complexity index is 317. The quantitative estimate of drug-likeness (QED) is 0.756. The number of hydrogen-bond donors (Lipinski definition) is 1. The number of rotatable bonds is 6. The molecule has 0 atom stereocenters. The fourth-order valence-electron chi connectivity index (χ4n) is 1.39. The van der Waals surface area contributed by atoms with Crippen molar-refractivity contribution in [1.82, 2.24) is 14.9 Å². The Kier molecular flexibility index (Phi) is 5.14. The van der Waals surface area contributed by atoms with Crippen molar-refractivity contribution >= 4 is 5.82 Å². The first kappa shape index (κ1) is 12.9. The Hall–Kier alpha value is -1.20. The maximum atomic E-state index is 8.96. The minimum absolute atomic E-state index is 0.0631. The van der Waals surface area contributed by atoms with Crippen LogP contribution in [0.4, 0.5) is 5.82 Å². The number of hydrogen-bond acceptors (Lipinski definition) is 5. The van der Waals surface area contributed by atoms with E-state index in [4.69, 9.17) is 5.11 Å². The summed E-state index contributed by atoms with van der Waals surface area (Å²) in [5.41, 5.74) is 0.608. The molecule has 1 rings (SSSR count). The number of aliphatic hydroxyl groups excluding tert-OH is 1. The minimum Gasteiger partial charge on any atom is -0.390 e. The molecule has 0 unspecified atom stereocenters. The molecule has 1 aromatic rings. The molecule has 0 amide bonds. The Balaban J connectivity index is 2.48. The van der Waals surface area contributed by atoms with E-state index in [0.29, 0.717) is 5.69 Å². The van der Waals surface area contributed by atoms with Gasteiger partial charge in [0.25, 0.3) is 0 Å². The Morgan fingerprint density at radius 1 is 1.19 bits per heavy atom. The van der Waals surface area contributed by atoms with E-state index in [0.717, 1.165) is 25.3 Å². The van der Waals surface area contributed by atoms with Crippen LogP contribution in [0.2, 0.25) is 0 Å². The van der Waals surface area contributed by atoms with Crippen molar-refractivity contribution in [2.24, 2.45) is 0 Å². The van der Waals surface area contributed by atoms with Crippen LogP contribution in [-0.4, -0.2) is 54.2 Å². The van der Waals surface area contributed by atoms with Crippen molar-refractivity contribution in [3.8, 4) is 0 Å². The molecule has 0 aliphatic rings. The van der Waals surface area contributed by atoms with Crippen molar-refractivity contribution < 1.29 is 5.11 Å². The third-order valence-corrected chi connectivity index (χ3v) is 2.32. The van der Waals surface area contributed by atoms with E-state index in [1.807, 2.05) is 7.05 Å². The van der Waals surface area contributed by atoms with Crippen LogP contribution in [0.3, 0.4) is 0 Å². The summed E-state index contributed by atoms with van der Waals surface area (Å²) < 4.78 is 0. The van der Waals surface area contributed by atoms with Gasteiger partial charge in [-0.15, -0.1) is 0 Å². The van der Waals surface area contributed by atoms with Crippen LogP contribution in [0.5, 0.6) is 0 Å². The fraction of sp³-hybridized carbons (Fsp3) is 0.636. The van der Waals surface area contributed by atoms with E-state index >= 15 is 0 Å². The van der Waals surface area contributed by atoms with E-state index in [2.05, 4.69) is 33.9 Å². The number of anilines is 1. The molecule has 1 aromatic heterocycles. The molecule has 90 valence electrons. The van der Waals surface area contributed by atoms with Gasteiger partial charge in [-0.25, -0.2) is 4.98 Å². The summed E-state index contributed by atoms with van der Waals surface area (Å²) in [5, 5.41) is 8.96. The summed E-state index contributed by atoms with van der Waals surface area (Å²) in [7, 11) is 6.11. The zero-order valence-electron chi connectivity index (χ0n) is 10.2. The second-order valence-corrected chi connectivity index (χ2v) is 4.11. The lowest BCUT2D eigenvalue weighted by molar-refractivity contribution is 0.276. The molecular formula is C11H20N4O. The van der Waals surface area contributed by atoms with Crippen LogP contribution < -0.4 is 4.90 Å². The molecule has 0 radical (unpaired) electrons. The molecule has 0 bridgehead atoms. The van der Waals surface area contributed by atoms with Gasteiger partial charge in [-0.05, 0) is 27.1 Å². The first-order valence-corrected chi connectivity index (χ1v) is 5.41. The van der Waals surface area contributed by atoms with Crippen molar-refractivity contribution in [2.75, 3.05) is 39.1 Å². The van der Waals surface area contributed by atoms with Crippen LogP contribution >= 0.6 is 0 Å². The monoisotopic (exact) mass is 224 g/mol. The Morgan fingerprint density at radius 2 is 1.94 bits per heavy atom. The van der Waals surface area contributed by atoms with E-state index in [1.165, 1.54) is 0 Å². The maximum absolute atomic E-state index is 8.96. The maximum Gasteiger partial charge on any atom is 0.147 e. The summed E-state index contributed by atoms with van der Waals surface area (Å²) in [6.07, 6.45) is 4.38. The van der Waals surface area contributed by atoms with Crippen LogP contribution in [0, 0.1) is 0 Å². The highest BCUT2D eigenvalue weighted by molar-refractivity contribution is 5.34. The minimum atomic E-state index is -0.0631. The van der Waals surface area contributed by atoms with Crippen LogP contribution in [-0.2, 0) is 6.61 Å². The number of nitrogens with zero attached hydrogens (tertiary/aromatic N) is 4. The summed E-state index contributed by atoms with van der Waals surface area (Å²) in [6.45, 7) is 1.92. The van der Waals surface area contributed by atoms with Gasteiger partial charge in [0, 0.05) is 13.6 Å². The summed E-state index contributed by atoms with van der Waals surface area (Å²) >= 11 is 0. The van der Waals surface area contributed by atoms with Gasteiger partial charge in [0.15, 0.2) is 0 Å². The van der Waals surface area contributed by atoms with E-state index in [-0.39, 0.29) is 6.61 Å². The van der Waals surface area contributed by atoms with Crippen molar-refractivity contribution in [1.29, 1.82) is 0 Å². The van der Waals surface area contributed by atoms with Crippen LogP contribution in [0.25, 0.3) is 0 Å². The third-order valence-electron chi connectivity index (χ3n) is 2.32. The standard InChI is InChI=1S/C11H20N4O/c1-14(2)5-4-6-15(3)11-8-12-7-10(9-16)13-11/h7-8,16H,4-6,9H2,1-3H3. The predicted molar refractivity (Wildman–Crippen MR) is 64.4 cm³/mol. The van der Waals surface area contributed by atoms with Gasteiger partial charge in [-0.3, -0.25) is 4.98 Å². The fourth-order valence-corrected chi connectivity index (χ4v) is 1.39. The van der Waals surface area contributed by atoms with Crippen molar-refractivity contribution in [3.63, 3.8) is 0 Å². The van der Waals surface area contributed by atoms with Gasteiger partial charge in [0.2, 0.25) is 0 Å². The van der Waals surface area contributed by atoms with E-state index in [9.17, 15) is 0 Å². The highest BCUT2D eigenvalue weighted by atomic mass is 16.3. The molecule has 0 aliphatic carbocycles. The molecule has 0 saturated heterocycles. The smallest absolute Gasteiger partial charge is 0.147 e. The Labute approximate surface area is 96.7 Å². The molecule has 0 aliphatic heterocycles. The average molecular weight is 224 g/mol. The second kappa shape index (κ2) is 6.40. The van der Waals surface area contributed by atoms with Gasteiger partial charge in [0.05, 0.1) is 24.7 Å². The van der Waals surface area contributed by atoms with E-state index < -0.39 is 0 Å². The van der Waals surface area contributed by atoms with Crippen molar-refractivity contribution in [2.45, 2.75) is 13.0 Å². The SMILES string of the molecule is CN(C)CCCN(C)c1cncc(CO)n1. The van der Waals surface area contributed by atoms with Gasteiger partial charge in [-0.2, -0.15) is 0 Å². The normalized spacial score (nSPS) is 10.8. The van der Waals surface area contributed by atoms with E-state index in [1.54, 1.807) is 12.4 Å². The summed E-state index contributed by atoms with van der Waals surface area (Å²) in [4.78, 5) is 12.5. The molecular weight excluding hydrogens is 204 g/mol. The molecule has 5 nitrogen and oxygen atoms in total. The topological polar surface area (TPSA) is 52.5 Å². The lowest BCUT2D eigenvalue weighted by Gasteiger charge is -2.19. The molecule has 0 spiro atoms. The molecule has 0 aromatic carbocycles. The molecule has 1 heterocycles. The first-order valence-electron chi connectivity index (χ1n) is 5.41. The summed E-state index contributed by atoms with van der Waals surface area (Å²) in [6, 6.07) is 0. The molecule has 5 heteroatoms. The highest BCUT2D eigenvalue weighted by Crippen LogP contribution is 2.07. The average Bonchev–Trinajstić information content (AvgIpc) is 2.28. The van der Waals surface area contributed by atoms with Gasteiger partial charge < -0.3 is 14.9 Å². The van der Waals surface area contributed by atoms with Crippen LogP contribution in [0.15, 0.2) is 12.4 Å². The van der Waals surface area contributed by atoms with Crippen LogP contribution in [0.1, 0.15) is 12.1 Å². The number of aliphatic hydroxyl groups is 1. The first-order chi connectivity index (χ1) is 7.63. The van der Waals surface area contributed by atoms with Gasteiger partial charge in [-0.1, -0.05) is 0 Å².